The van der Waals surface area contributed by atoms with Gasteiger partial charge in [0.25, 0.3) is 11.1 Å². The van der Waals surface area contributed by atoms with Crippen molar-refractivity contribution in [3.05, 3.63) is 26.2 Å². The van der Waals surface area contributed by atoms with Gasteiger partial charge in [-0.2, -0.15) is 0 Å². The van der Waals surface area contributed by atoms with E-state index in [0.717, 1.165) is 11.8 Å². The standard InChI is InChI=1S/C11H8INO4S/c1-17-7-3-5(2-6(12)9(7)14)4-8-10(15)13-11(16)18-8/h2-4,14H,1H3,(H,13,15,16)/b8-4+. The molecule has 18 heavy (non-hydrogen) atoms. The average molecular weight is 377 g/mol. The summed E-state index contributed by atoms with van der Waals surface area (Å²) in [6.45, 7) is 0. The molecule has 0 unspecified atom stereocenters. The van der Waals surface area contributed by atoms with E-state index in [1.54, 1.807) is 18.2 Å². The van der Waals surface area contributed by atoms with Crippen LogP contribution in [0, 0.1) is 3.57 Å². The number of hydrogen-bond donors (Lipinski definition) is 2. The largest absolute Gasteiger partial charge is 0.504 e. The minimum atomic E-state index is -0.410. The Morgan fingerprint density at radius 2 is 2.17 bits per heavy atom. The Morgan fingerprint density at radius 3 is 2.72 bits per heavy atom. The van der Waals surface area contributed by atoms with Crippen molar-refractivity contribution in [3.8, 4) is 11.5 Å². The van der Waals surface area contributed by atoms with Gasteiger partial charge in [0.15, 0.2) is 11.5 Å². The third-order valence-electron chi connectivity index (χ3n) is 2.21. The number of aromatic hydroxyl groups is 1. The fourth-order valence-electron chi connectivity index (χ4n) is 1.41. The van der Waals surface area contributed by atoms with Crippen molar-refractivity contribution in [2.45, 2.75) is 0 Å². The maximum absolute atomic E-state index is 11.4. The maximum atomic E-state index is 11.4. The molecule has 0 spiro atoms. The smallest absolute Gasteiger partial charge is 0.290 e. The second-order valence-corrected chi connectivity index (χ2v) is 5.58. The Kier molecular flexibility index (Phi) is 3.81. The Hall–Kier alpha value is -1.22. The molecule has 2 N–H and O–H groups in total. The molecule has 0 radical (unpaired) electrons. The maximum Gasteiger partial charge on any atom is 0.290 e. The zero-order chi connectivity index (χ0) is 13.3. The molecular formula is C11H8INO4S. The van der Waals surface area contributed by atoms with E-state index in [1.165, 1.54) is 7.11 Å². The topological polar surface area (TPSA) is 75.6 Å². The number of phenols is 1. The van der Waals surface area contributed by atoms with Crippen molar-refractivity contribution in [1.82, 2.24) is 5.32 Å². The lowest BCUT2D eigenvalue weighted by atomic mass is 10.2. The molecule has 1 aliphatic heterocycles. The van der Waals surface area contributed by atoms with Gasteiger partial charge in [-0.25, -0.2) is 0 Å². The molecule has 1 aromatic rings. The lowest BCUT2D eigenvalue weighted by Gasteiger charge is -2.06. The number of methoxy groups -OCH3 is 1. The van der Waals surface area contributed by atoms with E-state index < -0.39 is 5.91 Å². The van der Waals surface area contributed by atoms with Gasteiger partial charge in [0.05, 0.1) is 15.6 Å². The number of carbonyl (C=O) groups excluding carboxylic acids is 2. The summed E-state index contributed by atoms with van der Waals surface area (Å²) in [6, 6.07) is 3.29. The molecule has 0 aliphatic carbocycles. The predicted molar refractivity (Wildman–Crippen MR) is 76.5 cm³/mol. The highest BCUT2D eigenvalue weighted by Gasteiger charge is 2.25. The molecule has 94 valence electrons. The monoisotopic (exact) mass is 377 g/mol. The third kappa shape index (κ3) is 2.61. The summed E-state index contributed by atoms with van der Waals surface area (Å²) < 4.78 is 5.63. The fourth-order valence-corrected chi connectivity index (χ4v) is 2.71. The summed E-state index contributed by atoms with van der Waals surface area (Å²) >= 11 is 2.81. The van der Waals surface area contributed by atoms with E-state index >= 15 is 0 Å². The summed E-state index contributed by atoms with van der Waals surface area (Å²) in [7, 11) is 1.45. The van der Waals surface area contributed by atoms with Gasteiger partial charge in [-0.15, -0.1) is 0 Å². The number of halogens is 1. The highest BCUT2D eigenvalue weighted by atomic mass is 127. The van der Waals surface area contributed by atoms with Crippen LogP contribution in [-0.4, -0.2) is 23.4 Å². The number of hydrogen-bond acceptors (Lipinski definition) is 5. The number of amides is 2. The van der Waals surface area contributed by atoms with E-state index in [2.05, 4.69) is 5.32 Å². The van der Waals surface area contributed by atoms with Crippen LogP contribution in [0.1, 0.15) is 5.56 Å². The highest BCUT2D eigenvalue weighted by molar-refractivity contribution is 14.1. The lowest BCUT2D eigenvalue weighted by Crippen LogP contribution is -2.17. The zero-order valence-electron chi connectivity index (χ0n) is 9.19. The van der Waals surface area contributed by atoms with Crippen LogP contribution in [0.2, 0.25) is 0 Å². The first-order chi connectivity index (χ1) is 8.51. The number of benzene rings is 1. The van der Waals surface area contributed by atoms with E-state index in [4.69, 9.17) is 4.74 Å². The number of imide groups is 1. The molecule has 1 fully saturated rings. The first-order valence-corrected chi connectivity index (χ1v) is 6.72. The van der Waals surface area contributed by atoms with Crippen LogP contribution in [0.25, 0.3) is 6.08 Å². The zero-order valence-corrected chi connectivity index (χ0v) is 12.2. The van der Waals surface area contributed by atoms with Gasteiger partial charge >= 0.3 is 0 Å². The minimum Gasteiger partial charge on any atom is -0.504 e. The number of nitrogens with one attached hydrogen (secondary N) is 1. The van der Waals surface area contributed by atoms with Crippen LogP contribution in [0.15, 0.2) is 17.0 Å². The molecule has 2 amide bonds. The molecule has 0 atom stereocenters. The molecule has 5 nitrogen and oxygen atoms in total. The molecule has 1 heterocycles. The molecule has 0 saturated carbocycles. The number of phenolic OH excluding ortho intramolecular Hbond substituents is 1. The van der Waals surface area contributed by atoms with Crippen molar-refractivity contribution < 1.29 is 19.4 Å². The van der Waals surface area contributed by atoms with Gasteiger partial charge in [0.2, 0.25) is 0 Å². The van der Waals surface area contributed by atoms with Gasteiger partial charge in [-0.3, -0.25) is 14.9 Å². The Labute approximate surface area is 121 Å². The van der Waals surface area contributed by atoms with E-state index in [1.807, 2.05) is 22.6 Å². The average Bonchev–Trinajstić information content (AvgIpc) is 2.62. The summed E-state index contributed by atoms with van der Waals surface area (Å²) in [6.07, 6.45) is 1.58. The second-order valence-electron chi connectivity index (χ2n) is 3.41. The predicted octanol–water partition coefficient (Wildman–Crippen LogP) is 2.33. The molecule has 1 aliphatic rings. The normalized spacial score (nSPS) is 17.1. The van der Waals surface area contributed by atoms with Crippen molar-refractivity contribution in [1.29, 1.82) is 0 Å². The number of rotatable bonds is 2. The van der Waals surface area contributed by atoms with Crippen molar-refractivity contribution >= 4 is 51.6 Å². The van der Waals surface area contributed by atoms with Crippen molar-refractivity contribution in [3.63, 3.8) is 0 Å². The van der Waals surface area contributed by atoms with Crippen LogP contribution < -0.4 is 10.1 Å². The van der Waals surface area contributed by atoms with Crippen LogP contribution in [0.5, 0.6) is 11.5 Å². The first-order valence-electron chi connectivity index (χ1n) is 4.82. The Bertz CT molecular complexity index is 570. The van der Waals surface area contributed by atoms with E-state index in [0.29, 0.717) is 19.8 Å². The number of ether oxygens (including phenoxy) is 1. The number of carbonyl (C=O) groups is 2. The van der Waals surface area contributed by atoms with Crippen molar-refractivity contribution in [2.24, 2.45) is 0 Å². The summed E-state index contributed by atoms with van der Waals surface area (Å²) in [4.78, 5) is 22.7. The van der Waals surface area contributed by atoms with Gasteiger partial charge < -0.3 is 9.84 Å². The molecule has 2 rings (SSSR count). The van der Waals surface area contributed by atoms with Crippen molar-refractivity contribution in [2.75, 3.05) is 7.11 Å². The van der Waals surface area contributed by atoms with Crippen LogP contribution >= 0.6 is 34.4 Å². The van der Waals surface area contributed by atoms with Gasteiger partial charge in [-0.1, -0.05) is 0 Å². The third-order valence-corrected chi connectivity index (χ3v) is 3.84. The van der Waals surface area contributed by atoms with Gasteiger partial charge in [0, 0.05) is 0 Å². The molecular weight excluding hydrogens is 369 g/mol. The molecule has 0 bridgehead atoms. The van der Waals surface area contributed by atoms with Crippen LogP contribution in [0.3, 0.4) is 0 Å². The van der Waals surface area contributed by atoms with Gasteiger partial charge in [0.1, 0.15) is 0 Å². The highest BCUT2D eigenvalue weighted by Crippen LogP contribution is 2.34. The van der Waals surface area contributed by atoms with E-state index in [9.17, 15) is 14.7 Å². The van der Waals surface area contributed by atoms with E-state index in [-0.39, 0.29) is 11.0 Å². The molecule has 7 heteroatoms. The lowest BCUT2D eigenvalue weighted by molar-refractivity contribution is -0.115. The first kappa shape index (κ1) is 13.2. The fraction of sp³-hybridized carbons (Fsp3) is 0.0909. The SMILES string of the molecule is COc1cc(/C=C2/SC(=O)NC2=O)cc(I)c1O. The molecule has 1 aromatic carbocycles. The quantitative estimate of drug-likeness (QED) is 0.611. The Balaban J connectivity index is 2.41. The molecule has 0 aromatic heterocycles. The number of thioether (sulfide) groups is 1. The van der Waals surface area contributed by atoms with Crippen LogP contribution in [0.4, 0.5) is 4.79 Å². The second kappa shape index (κ2) is 5.19. The summed E-state index contributed by atoms with van der Waals surface area (Å²) in [5, 5.41) is 11.5. The minimum absolute atomic E-state index is 0.0554. The Morgan fingerprint density at radius 1 is 1.44 bits per heavy atom. The van der Waals surface area contributed by atoms with Gasteiger partial charge in [-0.05, 0) is 58.1 Å². The summed E-state index contributed by atoms with van der Waals surface area (Å²) in [5.41, 5.74) is 0.682. The summed E-state index contributed by atoms with van der Waals surface area (Å²) in [5.74, 6) is -0.0321. The molecule has 1 saturated heterocycles. The van der Waals surface area contributed by atoms with Crippen LogP contribution in [-0.2, 0) is 4.79 Å².